The molecule has 0 aliphatic rings. The van der Waals surface area contributed by atoms with Crippen LogP contribution in [0.1, 0.15) is 12.5 Å². The fourth-order valence-corrected chi connectivity index (χ4v) is 2.99. The molecule has 0 spiro atoms. The lowest BCUT2D eigenvalue weighted by Crippen LogP contribution is -2.23. The lowest BCUT2D eigenvalue weighted by atomic mass is 10.2. The lowest BCUT2D eigenvalue weighted by Gasteiger charge is -2.12. The van der Waals surface area contributed by atoms with Gasteiger partial charge in [-0.15, -0.1) is 5.10 Å². The van der Waals surface area contributed by atoms with Crippen molar-refractivity contribution in [2.45, 2.75) is 24.3 Å². The zero-order valence-electron chi connectivity index (χ0n) is 13.7. The first kappa shape index (κ1) is 17.0. The molecule has 1 aromatic heterocycles. The number of carbonyl (C=O) groups excluding carboxylic acids is 1. The summed E-state index contributed by atoms with van der Waals surface area (Å²) in [5.41, 5.74) is 2.54. The predicted molar refractivity (Wildman–Crippen MR) is 95.9 cm³/mol. The minimum atomic E-state index is -0.387. The van der Waals surface area contributed by atoms with Gasteiger partial charge >= 0.3 is 0 Å². The highest BCUT2D eigenvalue weighted by Gasteiger charge is 2.19. The number of hydrogen-bond acceptors (Lipinski definition) is 6. The van der Waals surface area contributed by atoms with Crippen LogP contribution in [0.4, 0.5) is 5.69 Å². The van der Waals surface area contributed by atoms with Crippen LogP contribution in [0, 0.1) is 6.92 Å². The van der Waals surface area contributed by atoms with E-state index in [0.717, 1.165) is 11.3 Å². The maximum Gasteiger partial charge on any atom is 0.237 e. The number of nitrogens with one attached hydrogen (secondary N) is 1. The Hall–Kier alpha value is -2.87. The van der Waals surface area contributed by atoms with Crippen LogP contribution < -0.4 is 5.32 Å². The highest BCUT2D eigenvalue weighted by atomic mass is 32.2. The van der Waals surface area contributed by atoms with Crippen LogP contribution in [0.15, 0.2) is 53.7 Å². The molecule has 0 aliphatic heterocycles. The van der Waals surface area contributed by atoms with Crippen molar-refractivity contribution >= 4 is 23.4 Å². The number of aromatic nitrogens is 4. The summed E-state index contributed by atoms with van der Waals surface area (Å²) in [5.74, 6) is 0.0350. The molecule has 0 radical (unpaired) electrons. The number of amides is 1. The number of tetrazole rings is 1. The maximum atomic E-state index is 12.4. The zero-order valence-corrected chi connectivity index (χ0v) is 14.6. The maximum absolute atomic E-state index is 12.4. The SMILES string of the molecule is Cc1cccc(NC(=O)[C@H](C)Sc2nnnn2-c2ccc(O)cc2)c1. The third-order valence-corrected chi connectivity index (χ3v) is 4.51. The number of nitrogens with zero attached hydrogens (tertiary/aromatic N) is 4. The van der Waals surface area contributed by atoms with Gasteiger partial charge in [-0.05, 0) is 66.2 Å². The number of aryl methyl sites for hydroxylation is 1. The molecular formula is C17H17N5O2S. The van der Waals surface area contributed by atoms with Crippen LogP contribution in [0.5, 0.6) is 5.75 Å². The monoisotopic (exact) mass is 355 g/mol. The first-order chi connectivity index (χ1) is 12.0. The predicted octanol–water partition coefficient (Wildman–Crippen LogP) is 2.80. The molecule has 8 heteroatoms. The molecule has 2 aromatic carbocycles. The molecule has 7 nitrogen and oxygen atoms in total. The average molecular weight is 355 g/mol. The van der Waals surface area contributed by atoms with Gasteiger partial charge in [0.15, 0.2) is 0 Å². The van der Waals surface area contributed by atoms with E-state index < -0.39 is 0 Å². The Bertz CT molecular complexity index is 879. The van der Waals surface area contributed by atoms with Gasteiger partial charge < -0.3 is 10.4 Å². The highest BCUT2D eigenvalue weighted by molar-refractivity contribution is 8.00. The van der Waals surface area contributed by atoms with Crippen molar-refractivity contribution in [1.29, 1.82) is 0 Å². The van der Waals surface area contributed by atoms with Crippen molar-refractivity contribution < 1.29 is 9.90 Å². The average Bonchev–Trinajstić information content (AvgIpc) is 3.03. The van der Waals surface area contributed by atoms with Crippen molar-refractivity contribution in [2.75, 3.05) is 5.32 Å². The van der Waals surface area contributed by atoms with E-state index >= 15 is 0 Å². The molecule has 0 aliphatic carbocycles. The van der Waals surface area contributed by atoms with Gasteiger partial charge in [0, 0.05) is 5.69 Å². The number of anilines is 1. The van der Waals surface area contributed by atoms with E-state index in [2.05, 4.69) is 20.8 Å². The number of rotatable bonds is 5. The Morgan fingerprint density at radius 3 is 2.72 bits per heavy atom. The molecule has 25 heavy (non-hydrogen) atoms. The van der Waals surface area contributed by atoms with E-state index in [-0.39, 0.29) is 16.9 Å². The van der Waals surface area contributed by atoms with E-state index in [9.17, 15) is 9.90 Å². The molecule has 0 saturated carbocycles. The summed E-state index contributed by atoms with van der Waals surface area (Å²) < 4.78 is 1.53. The van der Waals surface area contributed by atoms with Crippen LogP contribution in [0.2, 0.25) is 0 Å². The standard InChI is InChI=1S/C17H17N5O2S/c1-11-4-3-5-13(10-11)18-16(24)12(2)25-17-19-20-21-22(17)14-6-8-15(23)9-7-14/h3-10,12,23H,1-2H3,(H,18,24)/t12-/m0/s1. The summed E-state index contributed by atoms with van der Waals surface area (Å²) in [7, 11) is 0. The Morgan fingerprint density at radius 2 is 2.00 bits per heavy atom. The second-order valence-corrected chi connectivity index (χ2v) is 6.82. The van der Waals surface area contributed by atoms with E-state index in [1.165, 1.54) is 16.4 Å². The molecule has 128 valence electrons. The summed E-state index contributed by atoms with van der Waals surface area (Å²) in [6.07, 6.45) is 0. The number of aromatic hydroxyl groups is 1. The summed E-state index contributed by atoms with van der Waals surface area (Å²) in [5, 5.41) is 24.0. The molecule has 0 bridgehead atoms. The van der Waals surface area contributed by atoms with Crippen LogP contribution in [-0.2, 0) is 4.79 Å². The Labute approximate surface area is 149 Å². The molecular weight excluding hydrogens is 338 g/mol. The normalized spacial score (nSPS) is 11.9. The van der Waals surface area contributed by atoms with Crippen molar-refractivity contribution in [3.05, 3.63) is 54.1 Å². The van der Waals surface area contributed by atoms with Gasteiger partial charge in [0.25, 0.3) is 0 Å². The second kappa shape index (κ2) is 7.35. The van der Waals surface area contributed by atoms with Gasteiger partial charge in [0.1, 0.15) is 5.75 Å². The third kappa shape index (κ3) is 4.16. The Balaban J connectivity index is 1.71. The largest absolute Gasteiger partial charge is 0.508 e. The minimum Gasteiger partial charge on any atom is -0.508 e. The van der Waals surface area contributed by atoms with Crippen LogP contribution in [0.3, 0.4) is 0 Å². The zero-order chi connectivity index (χ0) is 17.8. The van der Waals surface area contributed by atoms with Crippen LogP contribution in [-0.4, -0.2) is 36.5 Å². The number of phenols is 1. The van der Waals surface area contributed by atoms with Gasteiger partial charge in [-0.25, -0.2) is 0 Å². The van der Waals surface area contributed by atoms with Gasteiger partial charge in [0.05, 0.1) is 10.9 Å². The van der Waals surface area contributed by atoms with E-state index in [1.54, 1.807) is 31.2 Å². The Kier molecular flexibility index (Phi) is 4.99. The topological polar surface area (TPSA) is 92.9 Å². The van der Waals surface area contributed by atoms with Crippen molar-refractivity contribution in [1.82, 2.24) is 20.2 Å². The minimum absolute atomic E-state index is 0.129. The Morgan fingerprint density at radius 1 is 1.24 bits per heavy atom. The number of carbonyl (C=O) groups is 1. The first-order valence-corrected chi connectivity index (χ1v) is 8.53. The molecule has 2 N–H and O–H groups in total. The van der Waals surface area contributed by atoms with Gasteiger partial charge in [-0.1, -0.05) is 23.9 Å². The van der Waals surface area contributed by atoms with Crippen molar-refractivity contribution in [3.8, 4) is 11.4 Å². The highest BCUT2D eigenvalue weighted by Crippen LogP contribution is 2.24. The van der Waals surface area contributed by atoms with E-state index in [0.29, 0.717) is 10.8 Å². The molecule has 0 fully saturated rings. The molecule has 1 amide bonds. The summed E-state index contributed by atoms with van der Waals surface area (Å²) in [6.45, 7) is 3.77. The molecule has 1 atom stereocenters. The van der Waals surface area contributed by atoms with Gasteiger partial charge in [-0.2, -0.15) is 4.68 Å². The van der Waals surface area contributed by atoms with Crippen LogP contribution >= 0.6 is 11.8 Å². The molecule has 3 rings (SSSR count). The molecule has 3 aromatic rings. The fourth-order valence-electron chi connectivity index (χ4n) is 2.19. The quantitative estimate of drug-likeness (QED) is 0.684. The van der Waals surface area contributed by atoms with Gasteiger partial charge in [0.2, 0.25) is 11.1 Å². The van der Waals surface area contributed by atoms with E-state index in [4.69, 9.17) is 0 Å². The number of benzene rings is 2. The van der Waals surface area contributed by atoms with Crippen LogP contribution in [0.25, 0.3) is 5.69 Å². The van der Waals surface area contributed by atoms with Crippen molar-refractivity contribution in [3.63, 3.8) is 0 Å². The fraction of sp³-hybridized carbons (Fsp3) is 0.176. The molecule has 0 saturated heterocycles. The number of hydrogen-bond donors (Lipinski definition) is 2. The lowest BCUT2D eigenvalue weighted by molar-refractivity contribution is -0.115. The second-order valence-electron chi connectivity index (χ2n) is 5.51. The summed E-state index contributed by atoms with van der Waals surface area (Å²) in [4.78, 5) is 12.4. The van der Waals surface area contributed by atoms with Crippen molar-refractivity contribution in [2.24, 2.45) is 0 Å². The summed E-state index contributed by atoms with van der Waals surface area (Å²) in [6, 6.07) is 14.1. The van der Waals surface area contributed by atoms with Gasteiger partial charge in [-0.3, -0.25) is 4.79 Å². The number of thioether (sulfide) groups is 1. The summed E-state index contributed by atoms with van der Waals surface area (Å²) >= 11 is 1.26. The first-order valence-electron chi connectivity index (χ1n) is 7.65. The number of phenolic OH excluding ortho intramolecular Hbond substituents is 1. The third-order valence-electron chi connectivity index (χ3n) is 3.47. The smallest absolute Gasteiger partial charge is 0.237 e. The molecule has 0 unspecified atom stereocenters. The van der Waals surface area contributed by atoms with E-state index in [1.807, 2.05) is 31.2 Å². The molecule has 1 heterocycles.